The van der Waals surface area contributed by atoms with Crippen molar-refractivity contribution in [2.45, 2.75) is 6.92 Å². The third-order valence-electron chi connectivity index (χ3n) is 4.74. The van der Waals surface area contributed by atoms with Gasteiger partial charge in [0.15, 0.2) is 0 Å². The summed E-state index contributed by atoms with van der Waals surface area (Å²) in [5, 5.41) is 15.0. The second-order valence-corrected chi connectivity index (χ2v) is 6.83. The minimum atomic E-state index is -1.23. The van der Waals surface area contributed by atoms with Gasteiger partial charge in [0.1, 0.15) is 11.5 Å². The fourth-order valence-corrected chi connectivity index (χ4v) is 3.23. The van der Waals surface area contributed by atoms with Crippen molar-refractivity contribution in [2.24, 2.45) is 5.10 Å². The molecule has 0 saturated heterocycles. The summed E-state index contributed by atoms with van der Waals surface area (Å²) in [6.07, 6.45) is 5.13. The van der Waals surface area contributed by atoms with E-state index in [2.05, 4.69) is 10.5 Å². The van der Waals surface area contributed by atoms with Gasteiger partial charge in [-0.1, -0.05) is 24.3 Å². The van der Waals surface area contributed by atoms with E-state index in [1.807, 2.05) is 41.2 Å². The van der Waals surface area contributed by atoms with Gasteiger partial charge in [0.05, 0.1) is 23.4 Å². The van der Waals surface area contributed by atoms with Gasteiger partial charge in [0.2, 0.25) is 0 Å². The smallest absolute Gasteiger partial charge is 0.273 e. The third kappa shape index (κ3) is 4.30. The Morgan fingerprint density at radius 2 is 1.81 bits per heavy atom. The number of hydrazone groups is 1. The second kappa shape index (κ2) is 8.54. The first-order valence-corrected chi connectivity index (χ1v) is 9.51. The van der Waals surface area contributed by atoms with Gasteiger partial charge in [0, 0.05) is 18.0 Å². The van der Waals surface area contributed by atoms with Gasteiger partial charge in [-0.05, 0) is 60.5 Å². The van der Waals surface area contributed by atoms with Crippen LogP contribution in [0.3, 0.4) is 0 Å². The van der Waals surface area contributed by atoms with Crippen LogP contribution in [0.5, 0.6) is 0 Å². The summed E-state index contributed by atoms with van der Waals surface area (Å²) >= 11 is 0. The minimum absolute atomic E-state index is 0.109. The molecule has 4 rings (SSSR count). The predicted molar refractivity (Wildman–Crippen MR) is 114 cm³/mol. The van der Waals surface area contributed by atoms with Crippen LogP contribution >= 0.6 is 0 Å². The highest BCUT2D eigenvalue weighted by molar-refractivity contribution is 5.98. The van der Waals surface area contributed by atoms with Crippen molar-refractivity contribution >= 4 is 18.1 Å². The number of benzene rings is 2. The molecule has 2 aromatic heterocycles. The van der Waals surface area contributed by atoms with Gasteiger partial charge in [-0.3, -0.25) is 4.79 Å². The molecule has 0 atom stereocenters. The Bertz CT molecular complexity index is 1270. The van der Waals surface area contributed by atoms with Crippen molar-refractivity contribution in [3.63, 3.8) is 0 Å². The van der Waals surface area contributed by atoms with E-state index in [0.717, 1.165) is 16.8 Å². The molecule has 0 aliphatic rings. The summed E-state index contributed by atoms with van der Waals surface area (Å²) in [6, 6.07) is 19.1. The number of aryl methyl sites for hydroxylation is 1. The lowest BCUT2D eigenvalue weighted by Gasteiger charge is -2.08. The number of nitrogens with zero attached hydrogens (tertiary/aromatic N) is 2. The molecule has 31 heavy (non-hydrogen) atoms. The number of amides is 1. The van der Waals surface area contributed by atoms with Crippen LogP contribution in [-0.4, -0.2) is 22.7 Å². The highest BCUT2D eigenvalue weighted by Gasteiger charge is 2.11. The van der Waals surface area contributed by atoms with Gasteiger partial charge >= 0.3 is 0 Å². The zero-order valence-electron chi connectivity index (χ0n) is 16.6. The lowest BCUT2D eigenvalue weighted by molar-refractivity contribution is -0.255. The highest BCUT2D eigenvalue weighted by Crippen LogP contribution is 2.26. The Hall–Kier alpha value is -4.39. The molecule has 0 fully saturated rings. The standard InChI is InChI=1S/C24H19N3O4/c1-16-14-17(24(29)30)8-10-19(16)22-11-9-18(31-22)15-25-26-23(28)20-6-2-3-7-21(20)27-12-4-5-13-27/h2-15H,1H3,(H,26,28)(H,29,30)/p-1/b25-15-. The Kier molecular flexibility index (Phi) is 5.49. The van der Waals surface area contributed by atoms with E-state index in [4.69, 9.17) is 4.42 Å². The number of furan rings is 1. The monoisotopic (exact) mass is 412 g/mol. The number of rotatable bonds is 6. The molecule has 0 unspecified atom stereocenters. The van der Waals surface area contributed by atoms with Gasteiger partial charge in [-0.25, -0.2) is 5.43 Å². The number of carboxylic acids is 1. The molecule has 7 nitrogen and oxygen atoms in total. The first-order chi connectivity index (χ1) is 15.0. The Balaban J connectivity index is 1.47. The lowest BCUT2D eigenvalue weighted by atomic mass is 10.0. The Morgan fingerprint density at radius 1 is 1.03 bits per heavy atom. The molecule has 1 amide bonds. The Labute approximate surface area is 178 Å². The van der Waals surface area contributed by atoms with E-state index in [1.165, 1.54) is 18.3 Å². The molecular formula is C24H18N3O4-. The summed E-state index contributed by atoms with van der Waals surface area (Å²) in [5.74, 6) is -0.567. The number of carbonyl (C=O) groups is 2. The van der Waals surface area contributed by atoms with E-state index in [9.17, 15) is 14.7 Å². The van der Waals surface area contributed by atoms with Crippen LogP contribution in [0, 0.1) is 6.92 Å². The number of hydrogen-bond donors (Lipinski definition) is 1. The van der Waals surface area contributed by atoms with Crippen molar-refractivity contribution in [2.75, 3.05) is 0 Å². The van der Waals surface area contributed by atoms with E-state index < -0.39 is 5.97 Å². The van der Waals surface area contributed by atoms with Crippen molar-refractivity contribution in [1.29, 1.82) is 0 Å². The van der Waals surface area contributed by atoms with Crippen molar-refractivity contribution < 1.29 is 19.1 Å². The molecule has 154 valence electrons. The number of para-hydroxylation sites is 1. The SMILES string of the molecule is Cc1cc(C(=O)[O-])ccc1-c1ccc(/C=N\NC(=O)c2ccccc2-n2cccc2)o1. The first-order valence-electron chi connectivity index (χ1n) is 9.51. The molecule has 0 aliphatic carbocycles. The van der Waals surface area contributed by atoms with Crippen LogP contribution in [0.2, 0.25) is 0 Å². The van der Waals surface area contributed by atoms with E-state index >= 15 is 0 Å². The van der Waals surface area contributed by atoms with Gasteiger partial charge in [-0.2, -0.15) is 5.10 Å². The molecule has 2 heterocycles. The molecule has 0 radical (unpaired) electrons. The minimum Gasteiger partial charge on any atom is -0.545 e. The molecule has 0 spiro atoms. The van der Waals surface area contributed by atoms with Gasteiger partial charge < -0.3 is 18.9 Å². The Morgan fingerprint density at radius 3 is 2.55 bits per heavy atom. The number of carbonyl (C=O) groups excluding carboxylic acids is 2. The fourth-order valence-electron chi connectivity index (χ4n) is 3.23. The molecular weight excluding hydrogens is 394 g/mol. The molecule has 0 saturated carbocycles. The lowest BCUT2D eigenvalue weighted by Crippen LogP contribution is -2.22. The average Bonchev–Trinajstić information content (AvgIpc) is 3.46. The number of carboxylic acid groups (broad SMARTS) is 1. The molecule has 0 aliphatic heterocycles. The molecule has 2 aromatic carbocycles. The maximum absolute atomic E-state index is 12.6. The topological polar surface area (TPSA) is 99.7 Å². The number of aromatic nitrogens is 1. The zero-order chi connectivity index (χ0) is 21.8. The maximum atomic E-state index is 12.6. The van der Waals surface area contributed by atoms with Crippen molar-refractivity contribution in [1.82, 2.24) is 9.99 Å². The molecule has 1 N–H and O–H groups in total. The summed E-state index contributed by atoms with van der Waals surface area (Å²) in [5.41, 5.74) is 5.36. The van der Waals surface area contributed by atoms with E-state index in [1.54, 1.807) is 37.3 Å². The summed E-state index contributed by atoms with van der Waals surface area (Å²) in [7, 11) is 0. The maximum Gasteiger partial charge on any atom is 0.273 e. The van der Waals surface area contributed by atoms with E-state index in [-0.39, 0.29) is 11.5 Å². The van der Waals surface area contributed by atoms with Gasteiger partial charge in [0.25, 0.3) is 5.91 Å². The predicted octanol–water partition coefficient (Wildman–Crippen LogP) is 3.17. The van der Waals surface area contributed by atoms with Crippen LogP contribution in [0.4, 0.5) is 0 Å². The largest absolute Gasteiger partial charge is 0.545 e. The van der Waals surface area contributed by atoms with Crippen LogP contribution in [-0.2, 0) is 0 Å². The quantitative estimate of drug-likeness (QED) is 0.388. The second-order valence-electron chi connectivity index (χ2n) is 6.83. The zero-order valence-corrected chi connectivity index (χ0v) is 16.6. The molecule has 0 bridgehead atoms. The number of aromatic carboxylic acids is 1. The number of nitrogens with one attached hydrogen (secondary N) is 1. The van der Waals surface area contributed by atoms with Crippen molar-refractivity contribution in [3.05, 3.63) is 102 Å². The van der Waals surface area contributed by atoms with Crippen molar-refractivity contribution in [3.8, 4) is 17.0 Å². The van der Waals surface area contributed by atoms with Crippen LogP contribution < -0.4 is 10.5 Å². The van der Waals surface area contributed by atoms with Gasteiger partial charge in [-0.15, -0.1) is 0 Å². The fraction of sp³-hybridized carbons (Fsp3) is 0.0417. The third-order valence-corrected chi connectivity index (χ3v) is 4.74. The average molecular weight is 412 g/mol. The summed E-state index contributed by atoms with van der Waals surface area (Å²) < 4.78 is 7.61. The van der Waals surface area contributed by atoms with E-state index in [0.29, 0.717) is 17.1 Å². The number of hydrogen-bond acceptors (Lipinski definition) is 5. The van der Waals surface area contributed by atoms with Crippen LogP contribution in [0.1, 0.15) is 32.0 Å². The first kappa shape index (κ1) is 19.9. The van der Waals surface area contributed by atoms with Crippen LogP contribution in [0.15, 0.2) is 88.6 Å². The molecule has 4 aromatic rings. The van der Waals surface area contributed by atoms with Crippen LogP contribution in [0.25, 0.3) is 17.0 Å². The summed E-state index contributed by atoms with van der Waals surface area (Å²) in [4.78, 5) is 23.6. The normalized spacial score (nSPS) is 11.0. The molecule has 7 heteroatoms. The highest BCUT2D eigenvalue weighted by atomic mass is 16.4. The summed E-state index contributed by atoms with van der Waals surface area (Å²) in [6.45, 7) is 1.79.